The van der Waals surface area contributed by atoms with Crippen LogP contribution in [0.15, 0.2) is 54.6 Å². The first-order valence-corrected chi connectivity index (χ1v) is 6.01. The van der Waals surface area contributed by atoms with Crippen molar-refractivity contribution in [3.63, 3.8) is 0 Å². The molecule has 0 amide bonds. The van der Waals surface area contributed by atoms with Crippen LogP contribution in [0.5, 0.6) is 11.5 Å². The van der Waals surface area contributed by atoms with Gasteiger partial charge in [0.1, 0.15) is 17.2 Å². The molecule has 8 N–H and O–H groups in total. The van der Waals surface area contributed by atoms with Crippen LogP contribution in [0.1, 0.15) is 0 Å². The molecule has 0 aliphatic rings. The minimum absolute atomic E-state index is 0.0269. The molecular weight excluding hydrogens is 254 g/mol. The Morgan fingerprint density at radius 1 is 0.800 bits per heavy atom. The van der Waals surface area contributed by atoms with Crippen molar-refractivity contribution >= 4 is 17.6 Å². The Kier molecular flexibility index (Phi) is 4.18. The lowest BCUT2D eigenvalue weighted by Gasteiger charge is -2.04. The average molecular weight is 271 g/mol. The van der Waals surface area contributed by atoms with Crippen molar-refractivity contribution in [2.75, 3.05) is 0 Å². The number of guanidine groups is 2. The van der Waals surface area contributed by atoms with Gasteiger partial charge in [-0.1, -0.05) is 18.2 Å². The average Bonchev–Trinajstić information content (AvgIpc) is 2.41. The smallest absolute Gasteiger partial charge is 0.390 e. The zero-order valence-electron chi connectivity index (χ0n) is 10.8. The molecule has 2 aromatic rings. The maximum Gasteiger partial charge on any atom is 0.390 e. The lowest BCUT2D eigenvalue weighted by molar-refractivity contribution is -0.459. The molecule has 0 bridgehead atoms. The summed E-state index contributed by atoms with van der Waals surface area (Å²) >= 11 is 0. The maximum atomic E-state index is 5.68. The number of nitrogens with two attached hydrogens (primary N) is 3. The number of rotatable bonds is 3. The van der Waals surface area contributed by atoms with Crippen LogP contribution in [0.4, 0.5) is 5.69 Å². The Bertz CT molecular complexity index is 616. The molecule has 2 rings (SSSR count). The topological polar surface area (TPSA) is 115 Å². The minimum Gasteiger partial charge on any atom is -0.457 e. The molecule has 0 aliphatic carbocycles. The predicted molar refractivity (Wildman–Crippen MR) is 77.1 cm³/mol. The van der Waals surface area contributed by atoms with Gasteiger partial charge in [0.15, 0.2) is 0 Å². The van der Waals surface area contributed by atoms with Crippen molar-refractivity contribution in [2.45, 2.75) is 0 Å². The zero-order chi connectivity index (χ0) is 14.4. The van der Waals surface area contributed by atoms with Crippen molar-refractivity contribution in [3.05, 3.63) is 54.6 Å². The van der Waals surface area contributed by atoms with Crippen molar-refractivity contribution in [1.29, 1.82) is 0 Å². The second-order valence-electron chi connectivity index (χ2n) is 4.06. The highest BCUT2D eigenvalue weighted by Gasteiger charge is 2.01. The highest BCUT2D eigenvalue weighted by atomic mass is 16.5. The van der Waals surface area contributed by atoms with E-state index in [1.165, 1.54) is 0 Å². The minimum atomic E-state index is 0.0269. The van der Waals surface area contributed by atoms with Gasteiger partial charge < -0.3 is 4.74 Å². The summed E-state index contributed by atoms with van der Waals surface area (Å²) in [6.07, 6.45) is 0. The first kappa shape index (κ1) is 13.4. The first-order chi connectivity index (χ1) is 9.63. The summed E-state index contributed by atoms with van der Waals surface area (Å²) in [6.45, 7) is 0. The highest BCUT2D eigenvalue weighted by Crippen LogP contribution is 2.21. The Morgan fingerprint density at radius 3 is 2.00 bits per heavy atom. The second-order valence-corrected chi connectivity index (χ2v) is 4.06. The molecule has 0 spiro atoms. The third kappa shape index (κ3) is 4.02. The van der Waals surface area contributed by atoms with E-state index in [-0.39, 0.29) is 11.9 Å². The molecule has 0 aromatic heterocycles. The van der Waals surface area contributed by atoms with E-state index in [4.69, 9.17) is 21.9 Å². The molecule has 0 radical (unpaired) electrons. The van der Waals surface area contributed by atoms with Crippen LogP contribution in [0, 0.1) is 0 Å². The van der Waals surface area contributed by atoms with Gasteiger partial charge in [-0.3, -0.25) is 17.2 Å². The van der Waals surface area contributed by atoms with E-state index >= 15 is 0 Å². The Labute approximate surface area is 116 Å². The Balaban J connectivity index is 2.09. The fourth-order valence-electron chi connectivity index (χ4n) is 1.57. The first-order valence-electron chi connectivity index (χ1n) is 6.01. The largest absolute Gasteiger partial charge is 0.457 e. The van der Waals surface area contributed by atoms with Gasteiger partial charge in [0.2, 0.25) is 0 Å². The summed E-state index contributed by atoms with van der Waals surface area (Å²) in [6, 6.07) is 16.9. The highest BCUT2D eigenvalue weighted by molar-refractivity contribution is 5.75. The summed E-state index contributed by atoms with van der Waals surface area (Å²) in [4.78, 5) is 5.48. The molecule has 0 unspecified atom stereocenters. The van der Waals surface area contributed by atoms with Crippen LogP contribution in [0.3, 0.4) is 0 Å². The normalized spacial score (nSPS) is 10.9. The van der Waals surface area contributed by atoms with E-state index in [1.807, 2.05) is 54.6 Å². The van der Waals surface area contributed by atoms with Crippen molar-refractivity contribution in [3.8, 4) is 11.5 Å². The number of hydrogen-bond donors (Lipinski definition) is 5. The fraction of sp³-hybridized carbons (Fsp3) is 0. The van der Waals surface area contributed by atoms with E-state index in [9.17, 15) is 0 Å². The standard InChI is InChI=1S/C14H15N5O/c15-13(16)19-14(17)18-10-6-8-12(9-7-10)20-11-4-2-1-3-5-11/h1-9H,(H6,15,16,17,18,19)/p+2. The molecule has 0 heterocycles. The second kappa shape index (κ2) is 6.24. The molecule has 0 saturated carbocycles. The summed E-state index contributed by atoms with van der Waals surface area (Å²) in [7, 11) is 0. The van der Waals surface area contributed by atoms with Gasteiger partial charge in [-0.2, -0.15) is 4.99 Å². The van der Waals surface area contributed by atoms with Gasteiger partial charge >= 0.3 is 11.9 Å². The molecule has 0 saturated heterocycles. The van der Waals surface area contributed by atoms with Crippen LogP contribution in [0.25, 0.3) is 0 Å². The van der Waals surface area contributed by atoms with Crippen molar-refractivity contribution in [2.24, 2.45) is 17.2 Å². The molecule has 0 fully saturated rings. The quantitative estimate of drug-likeness (QED) is 0.324. The zero-order valence-corrected chi connectivity index (χ0v) is 10.8. The van der Waals surface area contributed by atoms with Crippen LogP contribution in [-0.4, -0.2) is 11.9 Å². The van der Waals surface area contributed by atoms with E-state index < -0.39 is 0 Å². The van der Waals surface area contributed by atoms with Gasteiger partial charge in [-0.05, 0) is 36.4 Å². The summed E-state index contributed by atoms with van der Waals surface area (Å²) < 4.78 is 5.68. The monoisotopic (exact) mass is 271 g/mol. The maximum absolute atomic E-state index is 5.68. The summed E-state index contributed by atoms with van der Waals surface area (Å²) in [5.74, 6) is 1.80. The van der Waals surface area contributed by atoms with Crippen molar-refractivity contribution < 1.29 is 14.7 Å². The summed E-state index contributed by atoms with van der Waals surface area (Å²) in [5.41, 5.74) is 17.0. The summed E-state index contributed by atoms with van der Waals surface area (Å²) in [5, 5.41) is 0. The van der Waals surface area contributed by atoms with Gasteiger partial charge in [0.05, 0.1) is 0 Å². The lowest BCUT2D eigenvalue weighted by atomic mass is 10.3. The third-order valence-electron chi connectivity index (χ3n) is 2.39. The van der Waals surface area contributed by atoms with E-state index in [1.54, 1.807) is 0 Å². The SMILES string of the molecule is NC(N)=[NH+]C(N)=[NH+]c1ccc(Oc2ccccc2)cc1. The van der Waals surface area contributed by atoms with Gasteiger partial charge in [0, 0.05) is 0 Å². The number of para-hydroxylation sites is 1. The van der Waals surface area contributed by atoms with Crippen molar-refractivity contribution in [1.82, 2.24) is 0 Å². The molecule has 6 nitrogen and oxygen atoms in total. The molecule has 20 heavy (non-hydrogen) atoms. The molecule has 0 atom stereocenters. The molecular formula is C14H17N5O+2. The van der Waals surface area contributed by atoms with Gasteiger partial charge in [-0.15, -0.1) is 0 Å². The number of hydrogen-bond acceptors (Lipinski definition) is 1. The Morgan fingerprint density at radius 2 is 1.40 bits per heavy atom. The third-order valence-corrected chi connectivity index (χ3v) is 2.39. The number of benzene rings is 2. The van der Waals surface area contributed by atoms with Crippen LogP contribution >= 0.6 is 0 Å². The molecule has 6 heteroatoms. The Hall–Kier alpha value is -3.02. The van der Waals surface area contributed by atoms with Crippen LogP contribution < -0.4 is 31.9 Å². The van der Waals surface area contributed by atoms with E-state index in [0.717, 1.165) is 17.2 Å². The molecule has 102 valence electrons. The lowest BCUT2D eigenvalue weighted by Crippen LogP contribution is -2.96. The fourth-order valence-corrected chi connectivity index (χ4v) is 1.57. The van der Waals surface area contributed by atoms with Crippen LogP contribution in [0.2, 0.25) is 0 Å². The van der Waals surface area contributed by atoms with E-state index in [0.29, 0.717) is 0 Å². The number of ether oxygens (including phenoxy) is 1. The number of nitrogens with one attached hydrogen (secondary N) is 2. The van der Waals surface area contributed by atoms with Gasteiger partial charge in [0.25, 0.3) is 0 Å². The van der Waals surface area contributed by atoms with E-state index in [2.05, 4.69) is 9.98 Å². The molecule has 0 aliphatic heterocycles. The molecule has 2 aromatic carbocycles. The predicted octanol–water partition coefficient (Wildman–Crippen LogP) is -2.14. The van der Waals surface area contributed by atoms with Crippen LogP contribution in [-0.2, 0) is 0 Å². The van der Waals surface area contributed by atoms with Gasteiger partial charge in [-0.25, -0.2) is 4.99 Å².